The molecule has 1 aliphatic heterocycles. The van der Waals surface area contributed by atoms with E-state index < -0.39 is 5.97 Å². The monoisotopic (exact) mass is 313 g/mol. The standard InChI is InChI=1S/C19H23NO3/c1-13-3-5-15(6-4-13)18-8-7-17(23-18)12-20-10-14(2)9-16(11-20)19(21)22/h3-8,14,16H,9-12H2,1-2H3,(H,21,22). The molecule has 0 bridgehead atoms. The molecule has 0 amide bonds. The molecule has 1 saturated heterocycles. The van der Waals surface area contributed by atoms with Crippen LogP contribution >= 0.6 is 0 Å². The van der Waals surface area contributed by atoms with Gasteiger partial charge in [-0.1, -0.05) is 36.8 Å². The summed E-state index contributed by atoms with van der Waals surface area (Å²) >= 11 is 0. The van der Waals surface area contributed by atoms with Gasteiger partial charge in [0.05, 0.1) is 12.5 Å². The lowest BCUT2D eigenvalue weighted by atomic mass is 9.90. The highest BCUT2D eigenvalue weighted by atomic mass is 16.4. The molecule has 122 valence electrons. The molecular weight excluding hydrogens is 290 g/mol. The van der Waals surface area contributed by atoms with Crippen LogP contribution in [0.2, 0.25) is 0 Å². The average Bonchev–Trinajstić information content (AvgIpc) is 2.95. The van der Waals surface area contributed by atoms with E-state index in [1.165, 1.54) is 5.56 Å². The van der Waals surface area contributed by atoms with Crippen molar-refractivity contribution >= 4 is 5.97 Å². The number of aryl methyl sites for hydroxylation is 1. The second-order valence-corrected chi connectivity index (χ2v) is 6.70. The first kappa shape index (κ1) is 15.8. The van der Waals surface area contributed by atoms with Crippen LogP contribution < -0.4 is 0 Å². The fraction of sp³-hybridized carbons (Fsp3) is 0.421. The van der Waals surface area contributed by atoms with Gasteiger partial charge in [-0.25, -0.2) is 0 Å². The molecule has 0 radical (unpaired) electrons. The van der Waals surface area contributed by atoms with Gasteiger partial charge in [0.25, 0.3) is 0 Å². The van der Waals surface area contributed by atoms with Crippen molar-refractivity contribution in [1.29, 1.82) is 0 Å². The van der Waals surface area contributed by atoms with Gasteiger partial charge in [0.15, 0.2) is 0 Å². The number of carboxylic acid groups (broad SMARTS) is 1. The normalized spacial score (nSPS) is 22.2. The number of benzene rings is 1. The number of hydrogen-bond donors (Lipinski definition) is 1. The second-order valence-electron chi connectivity index (χ2n) is 6.70. The van der Waals surface area contributed by atoms with E-state index in [1.807, 2.05) is 12.1 Å². The molecule has 1 fully saturated rings. The smallest absolute Gasteiger partial charge is 0.307 e. The highest BCUT2D eigenvalue weighted by molar-refractivity contribution is 5.70. The fourth-order valence-electron chi connectivity index (χ4n) is 3.33. The van der Waals surface area contributed by atoms with E-state index in [0.717, 1.165) is 30.0 Å². The van der Waals surface area contributed by atoms with E-state index in [-0.39, 0.29) is 5.92 Å². The Labute approximate surface area is 136 Å². The number of piperidine rings is 1. The van der Waals surface area contributed by atoms with Crippen LogP contribution in [-0.4, -0.2) is 29.1 Å². The van der Waals surface area contributed by atoms with Gasteiger partial charge < -0.3 is 9.52 Å². The van der Waals surface area contributed by atoms with Gasteiger partial charge in [-0.15, -0.1) is 0 Å². The summed E-state index contributed by atoms with van der Waals surface area (Å²) in [6.07, 6.45) is 0.763. The molecule has 2 heterocycles. The van der Waals surface area contributed by atoms with Gasteiger partial charge in [-0.2, -0.15) is 0 Å². The number of hydrogen-bond acceptors (Lipinski definition) is 3. The first-order valence-electron chi connectivity index (χ1n) is 8.12. The van der Waals surface area contributed by atoms with Crippen LogP contribution in [-0.2, 0) is 11.3 Å². The summed E-state index contributed by atoms with van der Waals surface area (Å²) in [6, 6.07) is 12.2. The molecule has 2 aromatic rings. The summed E-state index contributed by atoms with van der Waals surface area (Å²) in [7, 11) is 0. The Bertz CT molecular complexity index is 674. The van der Waals surface area contributed by atoms with E-state index >= 15 is 0 Å². The Morgan fingerprint density at radius 3 is 2.65 bits per heavy atom. The summed E-state index contributed by atoms with van der Waals surface area (Å²) in [5.41, 5.74) is 2.29. The SMILES string of the molecule is Cc1ccc(-c2ccc(CN3CC(C)CC(C(=O)O)C3)o2)cc1. The van der Waals surface area contributed by atoms with Gasteiger partial charge in [0.1, 0.15) is 11.5 Å². The molecular formula is C19H23NO3. The van der Waals surface area contributed by atoms with Crippen molar-refractivity contribution in [3.63, 3.8) is 0 Å². The third-order valence-corrected chi connectivity index (χ3v) is 4.46. The lowest BCUT2D eigenvalue weighted by Gasteiger charge is -2.34. The molecule has 2 unspecified atom stereocenters. The quantitative estimate of drug-likeness (QED) is 0.933. The largest absolute Gasteiger partial charge is 0.481 e. The van der Waals surface area contributed by atoms with Gasteiger partial charge in [-0.3, -0.25) is 9.69 Å². The first-order valence-corrected chi connectivity index (χ1v) is 8.12. The molecule has 1 N–H and O–H groups in total. The van der Waals surface area contributed by atoms with Crippen LogP contribution in [0.4, 0.5) is 0 Å². The predicted octanol–water partition coefficient (Wildman–Crippen LogP) is 3.80. The topological polar surface area (TPSA) is 53.7 Å². The maximum atomic E-state index is 11.3. The van der Waals surface area contributed by atoms with Gasteiger partial charge >= 0.3 is 5.97 Å². The Morgan fingerprint density at radius 2 is 1.96 bits per heavy atom. The van der Waals surface area contributed by atoms with Crippen LogP contribution in [0.5, 0.6) is 0 Å². The zero-order valence-electron chi connectivity index (χ0n) is 13.7. The summed E-state index contributed by atoms with van der Waals surface area (Å²) in [6.45, 7) is 6.36. The Balaban J connectivity index is 1.69. The molecule has 1 aromatic carbocycles. The number of rotatable bonds is 4. The number of carbonyl (C=O) groups is 1. The maximum Gasteiger partial charge on any atom is 0.307 e. The molecule has 0 spiro atoms. The molecule has 0 saturated carbocycles. The van der Waals surface area contributed by atoms with Gasteiger partial charge in [0, 0.05) is 18.7 Å². The minimum Gasteiger partial charge on any atom is -0.481 e. The van der Waals surface area contributed by atoms with E-state index in [2.05, 4.69) is 43.0 Å². The molecule has 4 heteroatoms. The van der Waals surface area contributed by atoms with Crippen molar-refractivity contribution in [2.45, 2.75) is 26.8 Å². The number of furan rings is 1. The maximum absolute atomic E-state index is 11.3. The molecule has 4 nitrogen and oxygen atoms in total. The van der Waals surface area contributed by atoms with Crippen LogP contribution in [0, 0.1) is 18.8 Å². The van der Waals surface area contributed by atoms with Gasteiger partial charge in [0.2, 0.25) is 0 Å². The summed E-state index contributed by atoms with van der Waals surface area (Å²) in [5.74, 6) is 1.18. The predicted molar refractivity (Wildman–Crippen MR) is 89.1 cm³/mol. The van der Waals surface area contributed by atoms with E-state index in [4.69, 9.17) is 4.42 Å². The zero-order valence-corrected chi connectivity index (χ0v) is 13.7. The summed E-state index contributed by atoms with van der Waals surface area (Å²) in [5, 5.41) is 9.26. The van der Waals surface area contributed by atoms with Crippen molar-refractivity contribution in [1.82, 2.24) is 4.90 Å². The summed E-state index contributed by atoms with van der Waals surface area (Å²) in [4.78, 5) is 13.4. The van der Waals surface area contributed by atoms with Crippen LogP contribution in [0.3, 0.4) is 0 Å². The van der Waals surface area contributed by atoms with Gasteiger partial charge in [-0.05, 0) is 31.4 Å². The Morgan fingerprint density at radius 1 is 1.22 bits per heavy atom. The number of nitrogens with zero attached hydrogens (tertiary/aromatic N) is 1. The molecule has 1 aliphatic rings. The molecule has 3 rings (SSSR count). The fourth-order valence-corrected chi connectivity index (χ4v) is 3.33. The van der Waals surface area contributed by atoms with Crippen molar-refractivity contribution < 1.29 is 14.3 Å². The highest BCUT2D eigenvalue weighted by Gasteiger charge is 2.29. The minimum absolute atomic E-state index is 0.273. The number of carboxylic acids is 1. The van der Waals surface area contributed by atoms with E-state index in [9.17, 15) is 9.90 Å². The van der Waals surface area contributed by atoms with Crippen molar-refractivity contribution in [2.24, 2.45) is 11.8 Å². The van der Waals surface area contributed by atoms with E-state index in [1.54, 1.807) is 0 Å². The van der Waals surface area contributed by atoms with Crippen LogP contribution in [0.25, 0.3) is 11.3 Å². The Hall–Kier alpha value is -2.07. The Kier molecular flexibility index (Phi) is 4.53. The van der Waals surface area contributed by atoms with Crippen molar-refractivity contribution in [3.05, 3.63) is 47.7 Å². The lowest BCUT2D eigenvalue weighted by molar-refractivity contribution is -0.144. The minimum atomic E-state index is -0.693. The average molecular weight is 313 g/mol. The van der Waals surface area contributed by atoms with Crippen molar-refractivity contribution in [3.8, 4) is 11.3 Å². The van der Waals surface area contributed by atoms with Crippen LogP contribution in [0.15, 0.2) is 40.8 Å². The molecule has 1 aromatic heterocycles. The van der Waals surface area contributed by atoms with E-state index in [0.29, 0.717) is 19.0 Å². The number of aliphatic carboxylic acids is 1. The zero-order chi connectivity index (χ0) is 16.4. The second kappa shape index (κ2) is 6.59. The first-order chi connectivity index (χ1) is 11.0. The molecule has 0 aliphatic carbocycles. The van der Waals surface area contributed by atoms with Crippen molar-refractivity contribution in [2.75, 3.05) is 13.1 Å². The third-order valence-electron chi connectivity index (χ3n) is 4.46. The number of likely N-dealkylation sites (tertiary alicyclic amines) is 1. The third kappa shape index (κ3) is 3.82. The lowest BCUT2D eigenvalue weighted by Crippen LogP contribution is -2.41. The molecule has 2 atom stereocenters. The highest BCUT2D eigenvalue weighted by Crippen LogP contribution is 2.26. The molecule has 23 heavy (non-hydrogen) atoms. The van der Waals surface area contributed by atoms with Crippen LogP contribution in [0.1, 0.15) is 24.7 Å². The summed E-state index contributed by atoms with van der Waals surface area (Å²) < 4.78 is 5.95.